The first-order chi connectivity index (χ1) is 7.49. The fourth-order valence-corrected chi connectivity index (χ4v) is 2.42. The Morgan fingerprint density at radius 3 is 2.38 bits per heavy atom. The van der Waals surface area contributed by atoms with Gasteiger partial charge in [0.1, 0.15) is 0 Å². The van der Waals surface area contributed by atoms with Crippen LogP contribution in [0, 0.1) is 5.41 Å². The third-order valence-electron chi connectivity index (χ3n) is 3.72. The minimum absolute atomic E-state index is 0.453. The van der Waals surface area contributed by atoms with Crippen LogP contribution in [0.4, 0.5) is 0 Å². The predicted molar refractivity (Wildman–Crippen MR) is 71.5 cm³/mol. The van der Waals surface area contributed by atoms with Gasteiger partial charge in [-0.05, 0) is 46.0 Å². The molecule has 94 valence electrons. The average Bonchev–Trinajstić information content (AvgIpc) is 2.26. The molecule has 1 nitrogen and oxygen atoms in total. The van der Waals surface area contributed by atoms with Gasteiger partial charge in [-0.1, -0.05) is 31.9 Å². The number of hydrogen-bond donors (Lipinski definition) is 1. The molecule has 0 aromatic carbocycles. The van der Waals surface area contributed by atoms with E-state index in [0.29, 0.717) is 5.41 Å². The molecule has 1 rings (SSSR count). The summed E-state index contributed by atoms with van der Waals surface area (Å²) in [5.74, 6) is 0. The summed E-state index contributed by atoms with van der Waals surface area (Å²) in [5.41, 5.74) is 1.90. The maximum absolute atomic E-state index is 2.61. The van der Waals surface area contributed by atoms with E-state index in [-0.39, 0.29) is 0 Å². The molecule has 0 spiro atoms. The summed E-state index contributed by atoms with van der Waals surface area (Å²) in [7, 11) is 0. The van der Waals surface area contributed by atoms with Crippen LogP contribution >= 0.6 is 0 Å². The normalized spacial score (nSPS) is 18.5. The van der Waals surface area contributed by atoms with Gasteiger partial charge in [0.05, 0.1) is 12.6 Å². The van der Waals surface area contributed by atoms with E-state index >= 15 is 0 Å². The molecule has 0 radical (unpaired) electrons. The minimum Gasteiger partial charge on any atom is -0.343 e. The van der Waals surface area contributed by atoms with E-state index in [9.17, 15) is 0 Å². The molecule has 0 aromatic rings. The molecular formula is C15H30N+. The molecule has 0 bridgehead atoms. The molecule has 1 fully saturated rings. The first-order valence-electron chi connectivity index (χ1n) is 6.96. The van der Waals surface area contributed by atoms with Crippen LogP contribution in [0.25, 0.3) is 0 Å². The van der Waals surface area contributed by atoms with Crippen LogP contribution in [-0.2, 0) is 0 Å². The summed E-state index contributed by atoms with van der Waals surface area (Å²) >= 11 is 0. The van der Waals surface area contributed by atoms with E-state index in [1.165, 1.54) is 50.6 Å². The monoisotopic (exact) mass is 224 g/mol. The highest BCUT2D eigenvalue weighted by atomic mass is 14.9. The first-order valence-corrected chi connectivity index (χ1v) is 6.96. The summed E-state index contributed by atoms with van der Waals surface area (Å²) in [4.78, 5) is 0. The highest BCUT2D eigenvalue weighted by Crippen LogP contribution is 2.20. The van der Waals surface area contributed by atoms with Crippen LogP contribution in [0.1, 0.15) is 66.2 Å². The zero-order valence-corrected chi connectivity index (χ0v) is 11.7. The van der Waals surface area contributed by atoms with Crippen molar-refractivity contribution in [2.75, 3.05) is 6.54 Å². The molecule has 0 saturated heterocycles. The number of rotatable bonds is 5. The van der Waals surface area contributed by atoms with Crippen LogP contribution in [-0.4, -0.2) is 12.6 Å². The highest BCUT2D eigenvalue weighted by molar-refractivity contribution is 4.95. The van der Waals surface area contributed by atoms with Crippen LogP contribution in [0.3, 0.4) is 0 Å². The number of nitrogens with two attached hydrogens (primary N) is 1. The molecule has 0 atom stereocenters. The second kappa shape index (κ2) is 6.44. The van der Waals surface area contributed by atoms with E-state index in [1.807, 2.05) is 0 Å². The molecule has 0 aromatic heterocycles. The average molecular weight is 224 g/mol. The molecule has 0 amide bonds. The zero-order valence-electron chi connectivity index (χ0n) is 11.7. The topological polar surface area (TPSA) is 16.6 Å². The van der Waals surface area contributed by atoms with Crippen molar-refractivity contribution < 1.29 is 5.32 Å². The van der Waals surface area contributed by atoms with E-state index < -0.39 is 0 Å². The smallest absolute Gasteiger partial charge is 0.0859 e. The molecule has 0 unspecified atom stereocenters. The molecule has 0 heterocycles. The van der Waals surface area contributed by atoms with Crippen molar-refractivity contribution in [2.45, 2.75) is 72.3 Å². The maximum Gasteiger partial charge on any atom is 0.0859 e. The lowest BCUT2D eigenvalue weighted by Gasteiger charge is -2.26. The van der Waals surface area contributed by atoms with Gasteiger partial charge >= 0.3 is 0 Å². The van der Waals surface area contributed by atoms with Gasteiger partial charge in [-0.15, -0.1) is 0 Å². The van der Waals surface area contributed by atoms with Crippen LogP contribution in [0.15, 0.2) is 11.6 Å². The lowest BCUT2D eigenvalue weighted by atomic mass is 9.87. The quantitative estimate of drug-likeness (QED) is 0.690. The van der Waals surface area contributed by atoms with Crippen LogP contribution in [0.2, 0.25) is 0 Å². The lowest BCUT2D eigenvalue weighted by molar-refractivity contribution is -0.701. The van der Waals surface area contributed by atoms with Crippen molar-refractivity contribution in [2.24, 2.45) is 5.41 Å². The van der Waals surface area contributed by atoms with E-state index in [2.05, 4.69) is 39.1 Å². The Hall–Kier alpha value is -0.300. The summed E-state index contributed by atoms with van der Waals surface area (Å²) in [6.45, 7) is 10.5. The van der Waals surface area contributed by atoms with Gasteiger partial charge < -0.3 is 5.32 Å². The zero-order chi connectivity index (χ0) is 12.0. The molecule has 16 heavy (non-hydrogen) atoms. The molecule has 0 aliphatic heterocycles. The Morgan fingerprint density at radius 1 is 1.19 bits per heavy atom. The Bertz CT molecular complexity index is 218. The Kier molecular flexibility index (Phi) is 5.54. The number of hydrogen-bond acceptors (Lipinski definition) is 0. The molecule has 1 aliphatic carbocycles. The molecule has 1 heteroatoms. The first kappa shape index (κ1) is 13.8. The summed E-state index contributed by atoms with van der Waals surface area (Å²) < 4.78 is 0. The van der Waals surface area contributed by atoms with E-state index in [4.69, 9.17) is 0 Å². The highest BCUT2D eigenvalue weighted by Gasteiger charge is 2.22. The number of quaternary nitrogens is 1. The van der Waals surface area contributed by atoms with E-state index in [1.54, 1.807) is 0 Å². The summed E-state index contributed by atoms with van der Waals surface area (Å²) in [6, 6.07) is 0.916. The fourth-order valence-electron chi connectivity index (χ4n) is 2.42. The van der Waals surface area contributed by atoms with Crippen molar-refractivity contribution in [3.63, 3.8) is 0 Å². The maximum atomic E-state index is 2.61. The fraction of sp³-hybridized carbons (Fsp3) is 0.867. The van der Waals surface area contributed by atoms with Gasteiger partial charge in [-0.25, -0.2) is 0 Å². The third-order valence-corrected chi connectivity index (χ3v) is 3.72. The largest absolute Gasteiger partial charge is 0.343 e. The molecule has 2 N–H and O–H groups in total. The Labute approximate surface area is 102 Å². The standard InChI is InChI=1S/C15H29N/c1-13(2)10-11-15(3,4)12-16-14-8-6-5-7-9-14/h10,14,16H,5-9,11-12H2,1-4H3/p+1. The van der Waals surface area contributed by atoms with Gasteiger partial charge in [0.15, 0.2) is 0 Å². The van der Waals surface area contributed by atoms with Crippen molar-refractivity contribution in [3.8, 4) is 0 Å². The van der Waals surface area contributed by atoms with Gasteiger partial charge in [0, 0.05) is 5.41 Å². The van der Waals surface area contributed by atoms with Gasteiger partial charge in [-0.2, -0.15) is 0 Å². The van der Waals surface area contributed by atoms with Gasteiger partial charge in [0.25, 0.3) is 0 Å². The van der Waals surface area contributed by atoms with Gasteiger partial charge in [-0.3, -0.25) is 0 Å². The van der Waals surface area contributed by atoms with E-state index in [0.717, 1.165) is 6.04 Å². The van der Waals surface area contributed by atoms with Gasteiger partial charge in [0.2, 0.25) is 0 Å². The van der Waals surface area contributed by atoms with Crippen molar-refractivity contribution in [1.29, 1.82) is 0 Å². The predicted octanol–water partition coefficient (Wildman–Crippen LogP) is 3.27. The third kappa shape index (κ3) is 5.69. The number of allylic oxidation sites excluding steroid dienone is 2. The second-order valence-corrected chi connectivity index (χ2v) is 6.49. The lowest BCUT2D eigenvalue weighted by Crippen LogP contribution is -2.92. The minimum atomic E-state index is 0.453. The van der Waals surface area contributed by atoms with Crippen molar-refractivity contribution in [3.05, 3.63) is 11.6 Å². The molecule has 1 saturated carbocycles. The SMILES string of the molecule is CC(C)=CCC(C)(C)C[NH2+]C1CCCCC1. The van der Waals surface area contributed by atoms with Crippen LogP contribution in [0.5, 0.6) is 0 Å². The Morgan fingerprint density at radius 2 is 1.81 bits per heavy atom. The van der Waals surface area contributed by atoms with Crippen LogP contribution < -0.4 is 5.32 Å². The Balaban J connectivity index is 2.26. The molecular weight excluding hydrogens is 194 g/mol. The second-order valence-electron chi connectivity index (χ2n) is 6.49. The van der Waals surface area contributed by atoms with Crippen molar-refractivity contribution >= 4 is 0 Å². The summed E-state index contributed by atoms with van der Waals surface area (Å²) in [6.07, 6.45) is 10.9. The summed E-state index contributed by atoms with van der Waals surface area (Å²) in [5, 5.41) is 2.61. The molecule has 1 aliphatic rings. The van der Waals surface area contributed by atoms with Crippen molar-refractivity contribution in [1.82, 2.24) is 0 Å².